The Bertz CT molecular complexity index is 764. The van der Waals surface area contributed by atoms with E-state index in [2.05, 4.69) is 29.4 Å². The molecule has 8 heteroatoms. The smallest absolute Gasteiger partial charge is 0.276 e. The van der Waals surface area contributed by atoms with Crippen LogP contribution >= 0.6 is 0 Å². The van der Waals surface area contributed by atoms with Crippen molar-refractivity contribution < 1.29 is 14.3 Å². The van der Waals surface area contributed by atoms with E-state index in [-0.39, 0.29) is 18.0 Å². The van der Waals surface area contributed by atoms with Gasteiger partial charge in [0.05, 0.1) is 18.0 Å². The first-order valence-electron chi connectivity index (χ1n) is 9.19. The van der Waals surface area contributed by atoms with Crippen LogP contribution < -0.4 is 10.1 Å². The molecular weight excluding hydrogens is 346 g/mol. The van der Waals surface area contributed by atoms with Gasteiger partial charge in [-0.05, 0) is 45.0 Å². The SMILES string of the molecule is COCCOc1ccc(-n2nc(C)c(C(=O)N3C[C@H](C)N[C@@H](C)C3)n2)cc1. The Morgan fingerprint density at radius 2 is 1.81 bits per heavy atom. The largest absolute Gasteiger partial charge is 0.491 e. The van der Waals surface area contributed by atoms with E-state index in [1.807, 2.05) is 36.1 Å². The molecule has 1 fully saturated rings. The van der Waals surface area contributed by atoms with Gasteiger partial charge in [0.15, 0.2) is 5.69 Å². The summed E-state index contributed by atoms with van der Waals surface area (Å²) in [7, 11) is 1.64. The van der Waals surface area contributed by atoms with Crippen LogP contribution in [0.1, 0.15) is 30.0 Å². The highest BCUT2D eigenvalue weighted by atomic mass is 16.5. The van der Waals surface area contributed by atoms with E-state index in [4.69, 9.17) is 9.47 Å². The zero-order valence-corrected chi connectivity index (χ0v) is 16.3. The van der Waals surface area contributed by atoms with Gasteiger partial charge in [0, 0.05) is 32.3 Å². The standard InChI is InChI=1S/C19H27N5O3/c1-13-11-23(12-14(2)20-13)19(25)18-15(3)21-24(22-18)16-5-7-17(8-6-16)27-10-9-26-4/h5-8,13-14,20H,9-12H2,1-4H3/t13-,14-/m0/s1. The molecule has 1 aromatic carbocycles. The molecule has 0 bridgehead atoms. The van der Waals surface area contributed by atoms with Gasteiger partial charge in [0.2, 0.25) is 0 Å². The molecule has 0 saturated carbocycles. The van der Waals surface area contributed by atoms with Crippen LogP contribution in [0.15, 0.2) is 24.3 Å². The van der Waals surface area contributed by atoms with Crippen LogP contribution in [0.2, 0.25) is 0 Å². The molecule has 0 radical (unpaired) electrons. The van der Waals surface area contributed by atoms with Gasteiger partial charge in [0.25, 0.3) is 5.91 Å². The van der Waals surface area contributed by atoms with E-state index in [0.29, 0.717) is 37.7 Å². The lowest BCUT2D eigenvalue weighted by Crippen LogP contribution is -2.56. The Morgan fingerprint density at radius 3 is 2.44 bits per heavy atom. The molecule has 2 aromatic rings. The van der Waals surface area contributed by atoms with Gasteiger partial charge in [-0.15, -0.1) is 5.10 Å². The topological polar surface area (TPSA) is 81.5 Å². The molecule has 1 amide bonds. The number of methoxy groups -OCH3 is 1. The molecule has 3 rings (SSSR count). The average Bonchev–Trinajstić information content (AvgIpc) is 3.03. The number of nitrogens with one attached hydrogen (secondary N) is 1. The highest BCUT2D eigenvalue weighted by molar-refractivity contribution is 5.93. The Morgan fingerprint density at radius 1 is 1.15 bits per heavy atom. The molecule has 0 spiro atoms. The summed E-state index contributed by atoms with van der Waals surface area (Å²) in [6.45, 7) is 8.34. The van der Waals surface area contributed by atoms with Gasteiger partial charge in [-0.3, -0.25) is 4.79 Å². The predicted octanol–water partition coefficient (Wildman–Crippen LogP) is 1.42. The van der Waals surface area contributed by atoms with Crippen LogP contribution in [0.25, 0.3) is 5.69 Å². The molecule has 1 saturated heterocycles. The van der Waals surface area contributed by atoms with Gasteiger partial charge >= 0.3 is 0 Å². The van der Waals surface area contributed by atoms with Crippen molar-refractivity contribution in [1.29, 1.82) is 0 Å². The number of carbonyl (C=O) groups is 1. The Balaban J connectivity index is 1.73. The van der Waals surface area contributed by atoms with E-state index in [1.54, 1.807) is 7.11 Å². The van der Waals surface area contributed by atoms with Crippen molar-refractivity contribution in [1.82, 2.24) is 25.2 Å². The first kappa shape index (κ1) is 19.3. The van der Waals surface area contributed by atoms with Crippen molar-refractivity contribution >= 4 is 5.91 Å². The molecule has 1 N–H and O–H groups in total. The van der Waals surface area contributed by atoms with Gasteiger partial charge in [-0.1, -0.05) is 0 Å². The summed E-state index contributed by atoms with van der Waals surface area (Å²) >= 11 is 0. The highest BCUT2D eigenvalue weighted by Crippen LogP contribution is 2.16. The van der Waals surface area contributed by atoms with Gasteiger partial charge in [-0.2, -0.15) is 9.90 Å². The van der Waals surface area contributed by atoms with Crippen molar-refractivity contribution in [3.63, 3.8) is 0 Å². The molecule has 146 valence electrons. The molecule has 2 heterocycles. The fraction of sp³-hybridized carbons (Fsp3) is 0.526. The predicted molar refractivity (Wildman–Crippen MR) is 101 cm³/mol. The molecule has 1 aromatic heterocycles. The van der Waals surface area contributed by atoms with Crippen molar-refractivity contribution in [2.75, 3.05) is 33.4 Å². The van der Waals surface area contributed by atoms with E-state index in [0.717, 1.165) is 11.4 Å². The van der Waals surface area contributed by atoms with Crippen molar-refractivity contribution in [3.05, 3.63) is 35.7 Å². The van der Waals surface area contributed by atoms with Crippen LogP contribution in [-0.4, -0.2) is 71.3 Å². The summed E-state index contributed by atoms with van der Waals surface area (Å²) in [4.78, 5) is 16.3. The minimum Gasteiger partial charge on any atom is -0.491 e. The summed E-state index contributed by atoms with van der Waals surface area (Å²) in [5, 5.41) is 12.3. The normalized spacial score (nSPS) is 19.9. The molecular formula is C19H27N5O3. The van der Waals surface area contributed by atoms with Crippen LogP contribution in [0.3, 0.4) is 0 Å². The molecule has 1 aliphatic rings. The molecule has 0 unspecified atom stereocenters. The van der Waals surface area contributed by atoms with E-state index >= 15 is 0 Å². The summed E-state index contributed by atoms with van der Waals surface area (Å²) < 4.78 is 10.5. The zero-order valence-electron chi connectivity index (χ0n) is 16.3. The van der Waals surface area contributed by atoms with E-state index < -0.39 is 0 Å². The Kier molecular flexibility index (Phi) is 6.08. The number of hydrogen-bond acceptors (Lipinski definition) is 6. The number of aryl methyl sites for hydroxylation is 1. The Hall–Kier alpha value is -2.45. The molecule has 2 atom stereocenters. The van der Waals surface area contributed by atoms with Gasteiger partial charge in [0.1, 0.15) is 12.4 Å². The number of hydrogen-bond donors (Lipinski definition) is 1. The summed E-state index contributed by atoms with van der Waals surface area (Å²) in [5.74, 6) is 0.679. The summed E-state index contributed by atoms with van der Waals surface area (Å²) in [6, 6.07) is 7.96. The maximum Gasteiger partial charge on any atom is 0.276 e. The second-order valence-electron chi connectivity index (χ2n) is 6.94. The van der Waals surface area contributed by atoms with Crippen molar-refractivity contribution in [2.45, 2.75) is 32.9 Å². The molecule has 8 nitrogen and oxygen atoms in total. The van der Waals surface area contributed by atoms with Crippen LogP contribution in [0.5, 0.6) is 5.75 Å². The summed E-state index contributed by atoms with van der Waals surface area (Å²) in [5.41, 5.74) is 1.80. The van der Waals surface area contributed by atoms with Crippen molar-refractivity contribution in [3.8, 4) is 11.4 Å². The maximum absolute atomic E-state index is 12.9. The second kappa shape index (κ2) is 8.49. The van der Waals surface area contributed by atoms with Crippen LogP contribution in [0, 0.1) is 6.92 Å². The minimum atomic E-state index is -0.0709. The number of nitrogens with zero attached hydrogens (tertiary/aromatic N) is 4. The van der Waals surface area contributed by atoms with Crippen LogP contribution in [0.4, 0.5) is 0 Å². The van der Waals surface area contributed by atoms with E-state index in [9.17, 15) is 4.79 Å². The lowest BCUT2D eigenvalue weighted by atomic mass is 10.1. The molecule has 1 aliphatic heterocycles. The average molecular weight is 373 g/mol. The number of rotatable bonds is 6. The highest BCUT2D eigenvalue weighted by Gasteiger charge is 2.28. The third kappa shape index (κ3) is 4.64. The molecule has 0 aliphatic carbocycles. The number of amides is 1. The lowest BCUT2D eigenvalue weighted by Gasteiger charge is -2.35. The fourth-order valence-electron chi connectivity index (χ4n) is 3.25. The Labute approximate surface area is 159 Å². The molecule has 27 heavy (non-hydrogen) atoms. The minimum absolute atomic E-state index is 0.0709. The number of aromatic nitrogens is 3. The number of ether oxygens (including phenoxy) is 2. The van der Waals surface area contributed by atoms with Gasteiger partial charge < -0.3 is 19.7 Å². The summed E-state index contributed by atoms with van der Waals surface area (Å²) in [6.07, 6.45) is 0. The quantitative estimate of drug-likeness (QED) is 0.772. The number of piperazine rings is 1. The number of benzene rings is 1. The lowest BCUT2D eigenvalue weighted by molar-refractivity contribution is 0.0666. The third-order valence-electron chi connectivity index (χ3n) is 4.45. The second-order valence-corrected chi connectivity index (χ2v) is 6.94. The van der Waals surface area contributed by atoms with E-state index in [1.165, 1.54) is 4.80 Å². The first-order chi connectivity index (χ1) is 13.0. The zero-order chi connectivity index (χ0) is 19.4. The number of carbonyl (C=O) groups excluding carboxylic acids is 1. The van der Waals surface area contributed by atoms with Crippen molar-refractivity contribution in [2.24, 2.45) is 0 Å². The monoisotopic (exact) mass is 373 g/mol. The maximum atomic E-state index is 12.9. The van der Waals surface area contributed by atoms with Crippen LogP contribution in [-0.2, 0) is 4.74 Å². The third-order valence-corrected chi connectivity index (χ3v) is 4.45. The first-order valence-corrected chi connectivity index (χ1v) is 9.19. The fourth-order valence-corrected chi connectivity index (χ4v) is 3.25. The van der Waals surface area contributed by atoms with Gasteiger partial charge in [-0.25, -0.2) is 0 Å².